The van der Waals surface area contributed by atoms with Crippen LogP contribution in [0.1, 0.15) is 57.7 Å². The molecular formula is C32H35ClFN7O4S. The van der Waals surface area contributed by atoms with E-state index in [0.29, 0.717) is 35.9 Å². The molecule has 0 bridgehead atoms. The number of pyridine rings is 1. The second-order valence-electron chi connectivity index (χ2n) is 12.9. The van der Waals surface area contributed by atoms with Gasteiger partial charge in [0.1, 0.15) is 16.7 Å². The molecule has 242 valence electrons. The lowest BCUT2D eigenvalue weighted by molar-refractivity contribution is 0.0636. The van der Waals surface area contributed by atoms with E-state index in [1.54, 1.807) is 33.9 Å². The van der Waals surface area contributed by atoms with Crippen molar-refractivity contribution in [2.45, 2.75) is 78.0 Å². The van der Waals surface area contributed by atoms with E-state index in [1.807, 2.05) is 7.05 Å². The number of likely N-dealkylation sites (N-methyl/N-ethyl adjacent to an activating group) is 1. The summed E-state index contributed by atoms with van der Waals surface area (Å²) in [6.07, 6.45) is 2.54. The number of anilines is 2. The van der Waals surface area contributed by atoms with Crippen molar-refractivity contribution in [3.05, 3.63) is 39.9 Å². The van der Waals surface area contributed by atoms with Crippen molar-refractivity contribution >= 4 is 61.0 Å². The first-order valence-electron chi connectivity index (χ1n) is 15.0. The Morgan fingerprint density at radius 3 is 2.78 bits per heavy atom. The van der Waals surface area contributed by atoms with Gasteiger partial charge in [0.05, 0.1) is 52.0 Å². The van der Waals surface area contributed by atoms with Crippen LogP contribution in [0.3, 0.4) is 0 Å². The second kappa shape index (κ2) is 12.2. The number of carbonyl (C=O) groups excluding carboxylic acids is 1. The molecule has 2 aliphatic heterocycles. The zero-order valence-corrected chi connectivity index (χ0v) is 28.0. The molecule has 11 nitrogen and oxygen atoms in total. The summed E-state index contributed by atoms with van der Waals surface area (Å²) in [6, 6.07) is 2.42. The Morgan fingerprint density at radius 2 is 2.09 bits per heavy atom. The highest BCUT2D eigenvalue weighted by atomic mass is 35.5. The molecule has 0 radical (unpaired) electrons. The van der Waals surface area contributed by atoms with Crippen molar-refractivity contribution in [2.75, 3.05) is 30.4 Å². The van der Waals surface area contributed by atoms with Crippen LogP contribution in [0.4, 0.5) is 20.1 Å². The molecule has 0 saturated carbocycles. The summed E-state index contributed by atoms with van der Waals surface area (Å²) in [5.74, 6) is -0.112. The third kappa shape index (κ3) is 5.73. The van der Waals surface area contributed by atoms with E-state index in [4.69, 9.17) is 31.0 Å². The van der Waals surface area contributed by atoms with E-state index in [-0.39, 0.29) is 44.4 Å². The van der Waals surface area contributed by atoms with Crippen molar-refractivity contribution in [2.24, 2.45) is 0 Å². The molecule has 1 fully saturated rings. The molecule has 0 unspecified atom stereocenters. The van der Waals surface area contributed by atoms with E-state index in [9.17, 15) is 15.2 Å². The fourth-order valence-corrected chi connectivity index (χ4v) is 7.87. The largest absolute Gasteiger partial charge is 0.444 e. The number of nitrogens with zero attached hydrogens (tertiary/aromatic N) is 6. The van der Waals surface area contributed by atoms with Gasteiger partial charge in [0.15, 0.2) is 5.82 Å². The molecule has 3 aromatic heterocycles. The van der Waals surface area contributed by atoms with Gasteiger partial charge >= 0.3 is 6.09 Å². The molecule has 3 atom stereocenters. The Balaban J connectivity index is 1.48. The maximum absolute atomic E-state index is 15.3. The summed E-state index contributed by atoms with van der Waals surface area (Å²) >= 11 is 8.14. The predicted molar refractivity (Wildman–Crippen MR) is 176 cm³/mol. The monoisotopic (exact) mass is 667 g/mol. The van der Waals surface area contributed by atoms with Gasteiger partial charge in [-0.1, -0.05) is 11.6 Å². The smallest absolute Gasteiger partial charge is 0.412 e. The maximum atomic E-state index is 15.3. The molecule has 14 heteroatoms. The topological polar surface area (TPSA) is 137 Å². The van der Waals surface area contributed by atoms with Crippen molar-refractivity contribution in [3.8, 4) is 17.3 Å². The minimum Gasteiger partial charge on any atom is -0.444 e. The number of fused-ring (bicyclic) bond motifs is 4. The van der Waals surface area contributed by atoms with Crippen molar-refractivity contribution in [3.63, 3.8) is 0 Å². The Morgan fingerprint density at radius 1 is 1.35 bits per heavy atom. The highest BCUT2D eigenvalue weighted by Crippen LogP contribution is 2.48. The van der Waals surface area contributed by atoms with Gasteiger partial charge in [-0.25, -0.2) is 19.2 Å². The van der Waals surface area contributed by atoms with E-state index in [2.05, 4.69) is 33.1 Å². The molecule has 6 rings (SSSR count). The van der Waals surface area contributed by atoms with Crippen LogP contribution < -0.4 is 10.2 Å². The second-order valence-corrected chi connectivity index (χ2v) is 14.3. The number of carbonyl (C=O) groups is 1. The Bertz CT molecular complexity index is 1900. The number of aromatic nitrogens is 3. The number of rotatable bonds is 6. The van der Waals surface area contributed by atoms with Gasteiger partial charge in [-0.3, -0.25) is 15.2 Å². The molecule has 0 spiro atoms. The Labute approximate surface area is 274 Å². The minimum atomic E-state index is -0.771. The Kier molecular flexibility index (Phi) is 8.54. The number of nitriles is 1. The highest BCUT2D eigenvalue weighted by Gasteiger charge is 2.36. The van der Waals surface area contributed by atoms with Gasteiger partial charge in [0.2, 0.25) is 5.95 Å². The lowest BCUT2D eigenvalue weighted by Crippen LogP contribution is -2.44. The number of benzene rings is 1. The standard InChI is InChI=1S/C32H35ClFN7O4S/c1-15(42)12-40(6)22-7-8-41(16(22)2)30-37-10-18-19-13-44-14-20(19)23(25(33)26(18)38-30)27-24-17(9-35)29(39-31(43)45-32(3,4)5)46-28(24)21(34)11-36-27/h10-11,15-16,22,42H,7-8,12-14H2,1-6H3,(H,39,43)/t15-,16+,22+/m1/s1. The number of hydrogen-bond acceptors (Lipinski definition) is 11. The normalized spacial score (nSPS) is 18.8. The third-order valence-electron chi connectivity index (χ3n) is 8.41. The molecule has 46 heavy (non-hydrogen) atoms. The predicted octanol–water partition coefficient (Wildman–Crippen LogP) is 6.23. The third-order valence-corrected chi connectivity index (χ3v) is 9.89. The lowest BCUT2D eigenvalue weighted by atomic mass is 9.94. The average molecular weight is 668 g/mol. The molecule has 1 amide bonds. The van der Waals surface area contributed by atoms with Crippen molar-refractivity contribution in [1.29, 1.82) is 5.26 Å². The number of hydrogen-bond donors (Lipinski definition) is 2. The lowest BCUT2D eigenvalue weighted by Gasteiger charge is -2.31. The van der Waals surface area contributed by atoms with Crippen LogP contribution in [0.15, 0.2) is 12.4 Å². The molecule has 4 aromatic rings. The minimum absolute atomic E-state index is 0.0540. The van der Waals surface area contributed by atoms with Crippen LogP contribution in [-0.4, -0.2) is 75.0 Å². The van der Waals surface area contributed by atoms with Crippen LogP contribution in [0.2, 0.25) is 5.02 Å². The number of ether oxygens (including phenoxy) is 2. The summed E-state index contributed by atoms with van der Waals surface area (Å²) < 4.78 is 26.7. The summed E-state index contributed by atoms with van der Waals surface area (Å²) in [5.41, 5.74) is 2.19. The molecular weight excluding hydrogens is 633 g/mol. The summed E-state index contributed by atoms with van der Waals surface area (Å²) in [5, 5.41) is 24.2. The molecule has 2 aliphatic rings. The van der Waals surface area contributed by atoms with E-state index in [1.165, 1.54) is 0 Å². The van der Waals surface area contributed by atoms with Crippen LogP contribution >= 0.6 is 22.9 Å². The van der Waals surface area contributed by atoms with E-state index >= 15 is 4.39 Å². The van der Waals surface area contributed by atoms with Gasteiger partial charge in [0, 0.05) is 47.7 Å². The highest BCUT2D eigenvalue weighted by molar-refractivity contribution is 7.23. The molecule has 5 heterocycles. The van der Waals surface area contributed by atoms with Crippen LogP contribution in [0.25, 0.3) is 32.2 Å². The van der Waals surface area contributed by atoms with Crippen molar-refractivity contribution in [1.82, 2.24) is 19.9 Å². The first-order valence-corrected chi connectivity index (χ1v) is 16.2. The van der Waals surface area contributed by atoms with Gasteiger partial charge in [-0.2, -0.15) is 5.26 Å². The fourth-order valence-electron chi connectivity index (χ4n) is 6.49. The summed E-state index contributed by atoms with van der Waals surface area (Å²) in [7, 11) is 2.01. The number of amides is 1. The van der Waals surface area contributed by atoms with Gasteiger partial charge in [-0.15, -0.1) is 11.3 Å². The van der Waals surface area contributed by atoms with Crippen LogP contribution in [-0.2, 0) is 22.7 Å². The average Bonchev–Trinajstić information content (AvgIpc) is 3.70. The van der Waals surface area contributed by atoms with Gasteiger partial charge in [0.25, 0.3) is 0 Å². The molecule has 1 saturated heterocycles. The van der Waals surface area contributed by atoms with Gasteiger partial charge in [-0.05, 0) is 59.2 Å². The molecule has 1 aromatic carbocycles. The number of aliphatic hydroxyl groups excluding tert-OH is 1. The van der Waals surface area contributed by atoms with Crippen molar-refractivity contribution < 1.29 is 23.8 Å². The van der Waals surface area contributed by atoms with Crippen LogP contribution in [0.5, 0.6) is 0 Å². The van der Waals surface area contributed by atoms with E-state index in [0.717, 1.165) is 47.0 Å². The number of aliphatic hydroxyl groups is 1. The first kappa shape index (κ1) is 32.3. The van der Waals surface area contributed by atoms with Gasteiger partial charge < -0.3 is 19.5 Å². The quantitative estimate of drug-likeness (QED) is 0.244. The van der Waals surface area contributed by atoms with Crippen LogP contribution in [0, 0.1) is 17.1 Å². The molecule has 2 N–H and O–H groups in total. The number of thiophene rings is 1. The zero-order chi connectivity index (χ0) is 33.1. The SMILES string of the molecule is C[C@@H](O)CN(C)[C@H]1CCN(c2ncc3c4c(c(-c5ncc(F)c6sc(NC(=O)OC(C)(C)C)c(C#N)c56)c(Cl)c3n2)COC4)[C@H]1C. The summed E-state index contributed by atoms with van der Waals surface area (Å²) in [6.45, 7) is 10.9. The summed E-state index contributed by atoms with van der Waals surface area (Å²) in [4.78, 5) is 31.1. The van der Waals surface area contributed by atoms with E-state index < -0.39 is 23.6 Å². The first-order chi connectivity index (χ1) is 21.8. The number of halogens is 2. The maximum Gasteiger partial charge on any atom is 0.412 e. The molecule has 0 aliphatic carbocycles. The Hall–Kier alpha value is -3.67. The fraction of sp³-hybridized carbons (Fsp3) is 0.469. The zero-order valence-electron chi connectivity index (χ0n) is 26.4. The number of nitrogens with one attached hydrogen (secondary N) is 1.